The Morgan fingerprint density at radius 2 is 1.93 bits per heavy atom. The lowest BCUT2D eigenvalue weighted by atomic mass is 9.71. The number of nitriles is 2. The summed E-state index contributed by atoms with van der Waals surface area (Å²) in [4.78, 5) is 28.9. The summed E-state index contributed by atoms with van der Waals surface area (Å²) < 4.78 is 53.4. The molecule has 0 unspecified atom stereocenters. The molecule has 5 aliphatic rings. The van der Waals surface area contributed by atoms with E-state index < -0.39 is 23.3 Å². The molecule has 0 radical (unpaired) electrons. The average Bonchev–Trinajstić information content (AvgIpc) is 3.69. The van der Waals surface area contributed by atoms with Gasteiger partial charge in [-0.3, -0.25) is 9.69 Å². The number of ether oxygens (including phenoxy) is 1. The van der Waals surface area contributed by atoms with Crippen LogP contribution in [0.2, 0.25) is 5.02 Å². The summed E-state index contributed by atoms with van der Waals surface area (Å²) in [5, 5.41) is 19.8. The maximum Gasteiger partial charge on any atom is 0.319 e. The molecule has 4 saturated heterocycles. The van der Waals surface area contributed by atoms with Crippen molar-refractivity contribution in [2.45, 2.75) is 63.1 Å². The first kappa shape index (κ1) is 35.3. The number of amides is 1. The van der Waals surface area contributed by atoms with E-state index in [1.165, 1.54) is 12.1 Å². The molecular formula is C39H38ClF3N8O2S. The molecule has 6 heterocycles. The molecule has 10 nitrogen and oxygen atoms in total. The number of hydrogen-bond donors (Lipinski definition) is 1. The van der Waals surface area contributed by atoms with Gasteiger partial charge in [-0.2, -0.15) is 20.5 Å². The summed E-state index contributed by atoms with van der Waals surface area (Å²) in [5.74, 6) is -0.957. The number of hydrogen-bond acceptors (Lipinski definition) is 10. The quantitative estimate of drug-likeness (QED) is 0.216. The Balaban J connectivity index is 1.12. The van der Waals surface area contributed by atoms with Gasteiger partial charge in [0.2, 0.25) is 5.91 Å². The molecule has 54 heavy (non-hydrogen) atoms. The third-order valence-electron chi connectivity index (χ3n) is 12.5. The normalized spacial score (nSPS) is 26.3. The number of halogens is 4. The van der Waals surface area contributed by atoms with Crippen molar-refractivity contribution in [2.75, 3.05) is 56.5 Å². The summed E-state index contributed by atoms with van der Waals surface area (Å²) in [7, 11) is 0. The van der Waals surface area contributed by atoms with E-state index in [-0.39, 0.29) is 78.1 Å². The molecule has 1 spiro atoms. The first-order valence-electron chi connectivity index (χ1n) is 18.6. The molecule has 2 atom stereocenters. The number of carbonyl (C=O) groups is 1. The number of carbonyl (C=O) groups excluding carboxylic acids is 1. The summed E-state index contributed by atoms with van der Waals surface area (Å²) >= 11 is 7.87. The van der Waals surface area contributed by atoms with E-state index in [1.807, 2.05) is 11.0 Å². The number of alkyl halides is 1. The van der Waals surface area contributed by atoms with Crippen molar-refractivity contribution < 1.29 is 22.7 Å². The van der Waals surface area contributed by atoms with Crippen LogP contribution in [0, 0.1) is 51.5 Å². The second-order valence-electron chi connectivity index (χ2n) is 16.0. The summed E-state index contributed by atoms with van der Waals surface area (Å²) in [6.45, 7) is 3.65. The van der Waals surface area contributed by atoms with Gasteiger partial charge in [0, 0.05) is 72.7 Å². The second kappa shape index (κ2) is 13.1. The number of nitrogens with zero attached hydrogens (tertiary/aromatic N) is 7. The number of anilines is 2. The first-order chi connectivity index (χ1) is 26.0. The van der Waals surface area contributed by atoms with Crippen LogP contribution in [0.1, 0.15) is 56.9 Å². The van der Waals surface area contributed by atoms with Crippen molar-refractivity contribution >= 4 is 60.7 Å². The van der Waals surface area contributed by atoms with E-state index in [2.05, 4.69) is 20.9 Å². The van der Waals surface area contributed by atoms with Gasteiger partial charge in [0.25, 0.3) is 0 Å². The fourth-order valence-electron chi connectivity index (χ4n) is 9.78. The van der Waals surface area contributed by atoms with E-state index in [4.69, 9.17) is 27.1 Å². The third-order valence-corrected chi connectivity index (χ3v) is 13.8. The molecule has 4 aromatic rings. The average molecular weight is 775 g/mol. The summed E-state index contributed by atoms with van der Waals surface area (Å²) in [6, 6.07) is 8.47. The molecule has 15 heteroatoms. The maximum absolute atomic E-state index is 17.3. The van der Waals surface area contributed by atoms with Crippen molar-refractivity contribution in [3.63, 3.8) is 0 Å². The lowest BCUT2D eigenvalue weighted by molar-refractivity contribution is -0.151. The molecule has 2 N–H and O–H groups in total. The Hall–Kier alpha value is -4.37. The lowest BCUT2D eigenvalue weighted by Crippen LogP contribution is -2.63. The van der Waals surface area contributed by atoms with Gasteiger partial charge in [-0.25, -0.2) is 13.2 Å². The van der Waals surface area contributed by atoms with Gasteiger partial charge in [0.15, 0.2) is 5.82 Å². The smallest absolute Gasteiger partial charge is 0.319 e. The van der Waals surface area contributed by atoms with Crippen LogP contribution in [0.5, 0.6) is 6.01 Å². The number of benzene rings is 2. The third kappa shape index (κ3) is 5.63. The Morgan fingerprint density at radius 3 is 2.70 bits per heavy atom. The van der Waals surface area contributed by atoms with Gasteiger partial charge < -0.3 is 20.3 Å². The van der Waals surface area contributed by atoms with Crippen LogP contribution in [-0.2, 0) is 4.79 Å². The number of aromatic nitrogens is 2. The standard InChI is InChI=1S/C39H38ClF3N8O2S/c40-27-12-25-32(31(43)30(27)24-4-5-28(42)33-29(24)26(15-45)34(46)54-33)47-37(53-20-39-7-3-9-51(39)16-23(41)13-39)48-35(25)49-8-2-1-6-38(17-49)18-50(19-38)36(52)22-10-21(11-22)14-44/h4-5,12,21-23H,1-3,6-11,13,16-20,46H2/t21?,22?,23-,39+/m1/s1. The van der Waals surface area contributed by atoms with Gasteiger partial charge in [-0.15, -0.1) is 11.3 Å². The van der Waals surface area contributed by atoms with Crippen LogP contribution in [0.25, 0.3) is 32.1 Å². The van der Waals surface area contributed by atoms with E-state index >= 15 is 8.78 Å². The number of fused-ring (bicyclic) bond motifs is 3. The predicted octanol–water partition coefficient (Wildman–Crippen LogP) is 7.22. The number of thiophene rings is 1. The molecule has 280 valence electrons. The van der Waals surface area contributed by atoms with Crippen LogP contribution in [-0.4, -0.2) is 83.3 Å². The van der Waals surface area contributed by atoms with Crippen LogP contribution in [0.4, 0.5) is 24.0 Å². The molecule has 2 aromatic carbocycles. The number of rotatable bonds is 6. The highest BCUT2D eigenvalue weighted by atomic mass is 35.5. The zero-order valence-corrected chi connectivity index (χ0v) is 31.1. The van der Waals surface area contributed by atoms with Gasteiger partial charge in [0.05, 0.1) is 26.9 Å². The minimum atomic E-state index is -0.958. The number of likely N-dealkylation sites (tertiary alicyclic amines) is 1. The lowest BCUT2D eigenvalue weighted by Gasteiger charge is -2.53. The monoisotopic (exact) mass is 774 g/mol. The molecule has 4 aliphatic heterocycles. The fraction of sp³-hybridized carbons (Fsp3) is 0.513. The Kier molecular flexibility index (Phi) is 8.60. The highest BCUT2D eigenvalue weighted by molar-refractivity contribution is 7.23. The molecule has 2 aromatic heterocycles. The summed E-state index contributed by atoms with van der Waals surface area (Å²) in [6.07, 6.45) is 5.01. The number of nitrogen functional groups attached to an aromatic ring is 1. The molecule has 1 saturated carbocycles. The minimum absolute atomic E-state index is 0.0293. The fourth-order valence-corrected chi connectivity index (χ4v) is 11.0. The van der Waals surface area contributed by atoms with Crippen molar-refractivity contribution in [1.29, 1.82) is 10.5 Å². The summed E-state index contributed by atoms with van der Waals surface area (Å²) in [5.41, 5.74) is 5.58. The van der Waals surface area contributed by atoms with Crippen molar-refractivity contribution in [3.8, 4) is 29.3 Å². The van der Waals surface area contributed by atoms with Gasteiger partial charge in [-0.1, -0.05) is 24.1 Å². The van der Waals surface area contributed by atoms with Crippen molar-refractivity contribution in [3.05, 3.63) is 40.4 Å². The zero-order valence-electron chi connectivity index (χ0n) is 29.5. The van der Waals surface area contributed by atoms with E-state index in [0.29, 0.717) is 63.2 Å². The van der Waals surface area contributed by atoms with Crippen molar-refractivity contribution in [2.24, 2.45) is 17.3 Å². The molecule has 5 fully saturated rings. The topological polar surface area (TPSA) is 135 Å². The Morgan fingerprint density at radius 1 is 1.11 bits per heavy atom. The minimum Gasteiger partial charge on any atom is -0.461 e. The molecule has 9 rings (SSSR count). The van der Waals surface area contributed by atoms with Gasteiger partial charge in [-0.05, 0) is 62.8 Å². The molecule has 0 bridgehead atoms. The SMILES string of the molecule is N#Cc1c(N)sc2c(F)ccc(-c3c(Cl)cc4c(N5CCCCC6(CN(C(=O)C7CC(C#N)C7)C6)C5)nc(OC[C@@]56CCCN5C[C@H](F)C6)nc4c3F)c12. The van der Waals surface area contributed by atoms with Crippen molar-refractivity contribution in [1.82, 2.24) is 19.8 Å². The van der Waals surface area contributed by atoms with Crippen LogP contribution in [0.15, 0.2) is 18.2 Å². The zero-order chi connectivity index (χ0) is 37.5. The highest BCUT2D eigenvalue weighted by Crippen LogP contribution is 2.48. The Labute approximate surface area is 319 Å². The first-order valence-corrected chi connectivity index (χ1v) is 19.8. The predicted molar refractivity (Wildman–Crippen MR) is 200 cm³/mol. The van der Waals surface area contributed by atoms with Crippen LogP contribution >= 0.6 is 22.9 Å². The van der Waals surface area contributed by atoms with Gasteiger partial charge >= 0.3 is 6.01 Å². The molecular weight excluding hydrogens is 737 g/mol. The maximum atomic E-state index is 17.3. The second-order valence-corrected chi connectivity index (χ2v) is 17.4. The van der Waals surface area contributed by atoms with Crippen LogP contribution in [0.3, 0.4) is 0 Å². The van der Waals surface area contributed by atoms with E-state index in [9.17, 15) is 19.7 Å². The van der Waals surface area contributed by atoms with Crippen LogP contribution < -0.4 is 15.4 Å². The van der Waals surface area contributed by atoms with Gasteiger partial charge in [0.1, 0.15) is 41.0 Å². The Bertz CT molecular complexity index is 2300. The van der Waals surface area contributed by atoms with E-state index in [1.54, 1.807) is 6.07 Å². The molecule has 1 aliphatic carbocycles. The number of nitrogens with two attached hydrogens (primary N) is 1. The highest BCUT2D eigenvalue weighted by Gasteiger charge is 2.51. The largest absolute Gasteiger partial charge is 0.461 e. The van der Waals surface area contributed by atoms with E-state index in [0.717, 1.165) is 50.0 Å². The molecule has 1 amide bonds.